The van der Waals surface area contributed by atoms with Gasteiger partial charge in [-0.05, 0) is 69.5 Å². The van der Waals surface area contributed by atoms with E-state index >= 15 is 0 Å². The average Bonchev–Trinajstić information content (AvgIpc) is 3.60. The number of aromatic nitrogens is 6. The number of nitrogens with zero attached hydrogens (tertiary/aromatic N) is 7. The number of aryl methyl sites for hydroxylation is 2. The molecule has 0 spiro atoms. The number of ether oxygens (including phenoxy) is 2. The monoisotopic (exact) mass is 545 g/mol. The zero-order valence-electron chi connectivity index (χ0n) is 23.9. The van der Waals surface area contributed by atoms with Gasteiger partial charge >= 0.3 is 0 Å². The molecule has 2 aliphatic rings. The summed E-state index contributed by atoms with van der Waals surface area (Å²) in [6, 6.07) is 6.46. The van der Waals surface area contributed by atoms with Crippen molar-refractivity contribution in [2.24, 2.45) is 7.05 Å². The standard InChI is InChI=1S/C30H39N7O3/c1-5-35-18-20(2)40-30-25(17-31-34(30)4)22-9-12-27-24(16-22)26(33-37(27)29-8-6-7-15-39-29)11-10-23-21(3)32-36(13-14-38)28(23)19-35/h9-12,16-17,20,29,38H,5-8,13-15,18-19H2,1-4H3/b11-10+/t20-,29?/m0/s1. The van der Waals surface area contributed by atoms with E-state index in [1.165, 1.54) is 0 Å². The van der Waals surface area contributed by atoms with E-state index in [1.807, 2.05) is 34.2 Å². The Morgan fingerprint density at radius 1 is 1.15 bits per heavy atom. The van der Waals surface area contributed by atoms with Crippen LogP contribution in [0.4, 0.5) is 0 Å². The number of aliphatic hydroxyl groups excluding tert-OH is 1. The van der Waals surface area contributed by atoms with Crippen molar-refractivity contribution in [3.63, 3.8) is 0 Å². The Bertz CT molecular complexity index is 1530. The number of hydrogen-bond acceptors (Lipinski definition) is 7. The highest BCUT2D eigenvalue weighted by molar-refractivity contribution is 5.93. The van der Waals surface area contributed by atoms with Crippen molar-refractivity contribution in [2.45, 2.75) is 65.5 Å². The van der Waals surface area contributed by atoms with E-state index < -0.39 is 0 Å². The van der Waals surface area contributed by atoms with Crippen LogP contribution < -0.4 is 4.74 Å². The Kier molecular flexibility index (Phi) is 7.48. The molecule has 40 heavy (non-hydrogen) atoms. The van der Waals surface area contributed by atoms with Gasteiger partial charge in [0.2, 0.25) is 5.88 Å². The summed E-state index contributed by atoms with van der Waals surface area (Å²) in [5.74, 6) is 0.750. The summed E-state index contributed by atoms with van der Waals surface area (Å²) in [7, 11) is 1.92. The minimum absolute atomic E-state index is 0.0331. The van der Waals surface area contributed by atoms with Gasteiger partial charge in [0.05, 0.1) is 47.5 Å². The number of hydrogen-bond donors (Lipinski definition) is 1. The van der Waals surface area contributed by atoms with Crippen LogP contribution in [0.25, 0.3) is 34.2 Å². The van der Waals surface area contributed by atoms with Gasteiger partial charge in [-0.2, -0.15) is 15.3 Å². The highest BCUT2D eigenvalue weighted by Gasteiger charge is 2.24. The van der Waals surface area contributed by atoms with Crippen molar-refractivity contribution in [2.75, 3.05) is 26.3 Å². The lowest BCUT2D eigenvalue weighted by atomic mass is 10.0. The summed E-state index contributed by atoms with van der Waals surface area (Å²) < 4.78 is 18.5. The van der Waals surface area contributed by atoms with Crippen LogP contribution in [0.2, 0.25) is 0 Å². The molecule has 4 aromatic rings. The SMILES string of the molecule is CCN1Cc2c(c(C)nn2CCO)/C=C/c2nn(C3CCCCO3)c3ccc(cc23)-c2cnn(C)c2O[C@@H](C)C1. The first kappa shape index (κ1) is 26.7. The Morgan fingerprint density at radius 2 is 2.02 bits per heavy atom. The maximum Gasteiger partial charge on any atom is 0.219 e. The lowest BCUT2D eigenvalue weighted by molar-refractivity contribution is -0.0367. The van der Waals surface area contributed by atoms with Crippen LogP contribution in [0, 0.1) is 6.92 Å². The Hall–Kier alpha value is -3.47. The van der Waals surface area contributed by atoms with Crippen molar-refractivity contribution in [3.8, 4) is 17.0 Å². The van der Waals surface area contributed by atoms with E-state index in [9.17, 15) is 5.11 Å². The van der Waals surface area contributed by atoms with E-state index in [4.69, 9.17) is 19.7 Å². The van der Waals surface area contributed by atoms with Gasteiger partial charge in [0, 0.05) is 37.7 Å². The maximum absolute atomic E-state index is 9.76. The van der Waals surface area contributed by atoms with Crippen LogP contribution in [0.5, 0.6) is 5.88 Å². The van der Waals surface area contributed by atoms with Crippen LogP contribution >= 0.6 is 0 Å². The maximum atomic E-state index is 9.76. The van der Waals surface area contributed by atoms with Gasteiger partial charge in [0.25, 0.3) is 0 Å². The lowest BCUT2D eigenvalue weighted by Gasteiger charge is -2.26. The van der Waals surface area contributed by atoms with Gasteiger partial charge in [-0.25, -0.2) is 9.36 Å². The smallest absolute Gasteiger partial charge is 0.219 e. The molecule has 2 atom stereocenters. The topological polar surface area (TPSA) is 95.4 Å². The molecule has 2 aliphatic heterocycles. The van der Waals surface area contributed by atoms with Crippen LogP contribution in [-0.2, 0) is 24.9 Å². The van der Waals surface area contributed by atoms with Crippen molar-refractivity contribution in [1.82, 2.24) is 34.2 Å². The third kappa shape index (κ3) is 4.95. The zero-order chi connectivity index (χ0) is 27.8. The number of likely N-dealkylation sites (N-methyl/N-ethyl adjacent to an activating group) is 1. The minimum atomic E-state index is -0.0734. The quantitative estimate of drug-likeness (QED) is 0.406. The Labute approximate surface area is 234 Å². The molecule has 6 rings (SSSR count). The second-order valence-electron chi connectivity index (χ2n) is 10.9. The van der Waals surface area contributed by atoms with Gasteiger partial charge in [-0.3, -0.25) is 9.58 Å². The molecule has 1 N–H and O–H groups in total. The van der Waals surface area contributed by atoms with Crippen LogP contribution in [0.3, 0.4) is 0 Å². The largest absolute Gasteiger partial charge is 0.473 e. The number of fused-ring (bicyclic) bond motifs is 4. The Morgan fingerprint density at radius 3 is 2.80 bits per heavy atom. The summed E-state index contributed by atoms with van der Waals surface area (Å²) in [5.41, 5.74) is 7.00. The van der Waals surface area contributed by atoms with Crippen molar-refractivity contribution < 1.29 is 14.6 Å². The van der Waals surface area contributed by atoms with Crippen LogP contribution in [0.15, 0.2) is 24.4 Å². The molecule has 2 bridgehead atoms. The second kappa shape index (κ2) is 11.2. The van der Waals surface area contributed by atoms with Crippen LogP contribution in [0.1, 0.15) is 62.0 Å². The molecule has 5 heterocycles. The second-order valence-corrected chi connectivity index (χ2v) is 10.9. The van der Waals surface area contributed by atoms with Gasteiger partial charge in [0.1, 0.15) is 6.10 Å². The normalized spacial score (nSPS) is 21.0. The molecule has 212 valence electrons. The fourth-order valence-electron chi connectivity index (χ4n) is 5.93. The third-order valence-corrected chi connectivity index (χ3v) is 8.01. The first-order valence-corrected chi connectivity index (χ1v) is 14.4. The number of aliphatic hydroxyl groups is 1. The average molecular weight is 546 g/mol. The molecule has 10 heteroatoms. The van der Waals surface area contributed by atoms with E-state index in [1.54, 1.807) is 0 Å². The van der Waals surface area contributed by atoms with Gasteiger partial charge in [0.15, 0.2) is 6.23 Å². The molecule has 0 aliphatic carbocycles. The number of rotatable bonds is 4. The van der Waals surface area contributed by atoms with Gasteiger partial charge < -0.3 is 14.6 Å². The van der Waals surface area contributed by atoms with Crippen molar-refractivity contribution in [3.05, 3.63) is 47.0 Å². The molecule has 0 amide bonds. The summed E-state index contributed by atoms with van der Waals surface area (Å²) in [6.45, 7) is 9.81. The predicted molar refractivity (Wildman–Crippen MR) is 155 cm³/mol. The molecule has 0 radical (unpaired) electrons. The van der Waals surface area contributed by atoms with Gasteiger partial charge in [-0.1, -0.05) is 13.0 Å². The molecular formula is C30H39N7O3. The molecular weight excluding hydrogens is 506 g/mol. The third-order valence-electron chi connectivity index (χ3n) is 8.01. The highest BCUT2D eigenvalue weighted by atomic mass is 16.5. The van der Waals surface area contributed by atoms with Gasteiger partial charge in [-0.15, -0.1) is 0 Å². The highest BCUT2D eigenvalue weighted by Crippen LogP contribution is 2.36. The lowest BCUT2D eigenvalue weighted by Crippen LogP contribution is -2.34. The van der Waals surface area contributed by atoms with Crippen molar-refractivity contribution >= 4 is 23.1 Å². The summed E-state index contributed by atoms with van der Waals surface area (Å²) in [5, 5.41) is 25.2. The minimum Gasteiger partial charge on any atom is -0.473 e. The zero-order valence-corrected chi connectivity index (χ0v) is 23.9. The Balaban J connectivity index is 1.55. The predicted octanol–water partition coefficient (Wildman–Crippen LogP) is 4.41. The van der Waals surface area contributed by atoms with E-state index in [-0.39, 0.29) is 18.9 Å². The molecule has 1 aromatic carbocycles. The van der Waals surface area contributed by atoms with E-state index in [0.29, 0.717) is 13.1 Å². The molecule has 1 unspecified atom stereocenters. The first-order valence-electron chi connectivity index (χ1n) is 14.4. The fraction of sp³-hybridized carbons (Fsp3) is 0.500. The number of benzene rings is 1. The van der Waals surface area contributed by atoms with E-state index in [2.05, 4.69) is 54.2 Å². The first-order chi connectivity index (χ1) is 19.5. The molecule has 1 saturated heterocycles. The molecule has 10 nitrogen and oxygen atoms in total. The van der Waals surface area contributed by atoms with E-state index in [0.717, 1.165) is 89.5 Å². The summed E-state index contributed by atoms with van der Waals surface area (Å²) >= 11 is 0. The molecule has 1 fully saturated rings. The molecule has 0 saturated carbocycles. The van der Waals surface area contributed by atoms with Crippen molar-refractivity contribution in [1.29, 1.82) is 0 Å². The summed E-state index contributed by atoms with van der Waals surface area (Å²) in [6.07, 6.45) is 9.13. The summed E-state index contributed by atoms with van der Waals surface area (Å²) in [4.78, 5) is 2.36. The molecule has 3 aromatic heterocycles. The fourth-order valence-corrected chi connectivity index (χ4v) is 5.93. The van der Waals surface area contributed by atoms with Crippen LogP contribution in [-0.4, -0.2) is 71.8 Å².